The first-order valence-corrected chi connectivity index (χ1v) is 10.1. The number of benzene rings is 1. The molecule has 0 saturated heterocycles. The van der Waals surface area contributed by atoms with Gasteiger partial charge in [-0.25, -0.2) is 14.1 Å². The number of anilines is 1. The number of hydrogen-bond donors (Lipinski definition) is 2. The molecule has 2 heterocycles. The third-order valence-corrected chi connectivity index (χ3v) is 5.39. The molecule has 0 bridgehead atoms. The SMILES string of the molecule is CCCCNc1ncc2c(-c3ccc(F)cc3)nn([C@H]3CC[C@H](O)CC3)c2n1. The molecule has 0 aliphatic heterocycles. The van der Waals surface area contributed by atoms with Crippen LogP contribution < -0.4 is 5.32 Å². The topological polar surface area (TPSA) is 75.9 Å². The average molecular weight is 383 g/mol. The second-order valence-corrected chi connectivity index (χ2v) is 7.47. The van der Waals surface area contributed by atoms with Gasteiger partial charge in [-0.15, -0.1) is 0 Å². The van der Waals surface area contributed by atoms with Gasteiger partial charge in [0.25, 0.3) is 0 Å². The Hall–Kier alpha value is -2.54. The summed E-state index contributed by atoms with van der Waals surface area (Å²) in [4.78, 5) is 9.21. The first-order chi connectivity index (χ1) is 13.7. The average Bonchev–Trinajstić information content (AvgIpc) is 3.08. The first kappa shape index (κ1) is 18.8. The van der Waals surface area contributed by atoms with Crippen LogP contribution in [0.25, 0.3) is 22.3 Å². The molecule has 1 aliphatic carbocycles. The Morgan fingerprint density at radius 2 is 1.93 bits per heavy atom. The van der Waals surface area contributed by atoms with Crippen molar-refractivity contribution in [3.05, 3.63) is 36.3 Å². The maximum Gasteiger partial charge on any atom is 0.224 e. The minimum atomic E-state index is -0.271. The van der Waals surface area contributed by atoms with Crippen molar-refractivity contribution < 1.29 is 9.50 Å². The molecule has 7 heteroatoms. The lowest BCUT2D eigenvalue weighted by atomic mass is 9.93. The van der Waals surface area contributed by atoms with Gasteiger partial charge >= 0.3 is 0 Å². The number of fused-ring (bicyclic) bond motifs is 1. The molecule has 4 rings (SSSR count). The van der Waals surface area contributed by atoms with Crippen molar-refractivity contribution in [1.29, 1.82) is 0 Å². The van der Waals surface area contributed by atoms with Crippen LogP contribution in [0.2, 0.25) is 0 Å². The molecule has 3 aromatic rings. The second kappa shape index (κ2) is 8.22. The van der Waals surface area contributed by atoms with Crippen molar-refractivity contribution in [2.75, 3.05) is 11.9 Å². The molecule has 0 atom stereocenters. The molecule has 1 fully saturated rings. The number of halogens is 1. The summed E-state index contributed by atoms with van der Waals surface area (Å²) in [6.07, 6.45) is 7.00. The number of unbranched alkanes of at least 4 members (excludes halogenated alkanes) is 1. The van der Waals surface area contributed by atoms with Crippen molar-refractivity contribution in [2.45, 2.75) is 57.6 Å². The van der Waals surface area contributed by atoms with Gasteiger partial charge in [-0.1, -0.05) is 13.3 Å². The zero-order valence-corrected chi connectivity index (χ0v) is 16.1. The Morgan fingerprint density at radius 1 is 1.18 bits per heavy atom. The van der Waals surface area contributed by atoms with Gasteiger partial charge in [0.2, 0.25) is 5.95 Å². The molecule has 2 N–H and O–H groups in total. The quantitative estimate of drug-likeness (QED) is 0.620. The Balaban J connectivity index is 1.75. The van der Waals surface area contributed by atoms with Crippen LogP contribution in [0.4, 0.5) is 10.3 Å². The highest BCUT2D eigenvalue weighted by molar-refractivity contribution is 5.91. The van der Waals surface area contributed by atoms with E-state index in [1.54, 1.807) is 18.3 Å². The summed E-state index contributed by atoms with van der Waals surface area (Å²) in [6.45, 7) is 2.98. The zero-order chi connectivity index (χ0) is 19.5. The lowest BCUT2D eigenvalue weighted by Gasteiger charge is -2.25. The molecule has 0 unspecified atom stereocenters. The fourth-order valence-electron chi connectivity index (χ4n) is 3.76. The van der Waals surface area contributed by atoms with Crippen molar-refractivity contribution in [1.82, 2.24) is 19.7 Å². The van der Waals surface area contributed by atoms with Crippen LogP contribution in [0, 0.1) is 5.82 Å². The molecule has 0 radical (unpaired) electrons. The monoisotopic (exact) mass is 383 g/mol. The molecule has 0 amide bonds. The number of aliphatic hydroxyl groups excluding tert-OH is 1. The summed E-state index contributed by atoms with van der Waals surface area (Å²) in [5.41, 5.74) is 2.40. The lowest BCUT2D eigenvalue weighted by Crippen LogP contribution is -2.22. The highest BCUT2D eigenvalue weighted by Crippen LogP contribution is 2.34. The Labute approximate surface area is 163 Å². The fraction of sp³-hybridized carbons (Fsp3) is 0.476. The summed E-state index contributed by atoms with van der Waals surface area (Å²) >= 11 is 0. The summed E-state index contributed by atoms with van der Waals surface area (Å²) in [6, 6.07) is 6.55. The van der Waals surface area contributed by atoms with Crippen LogP contribution in [-0.2, 0) is 0 Å². The number of hydrogen-bond acceptors (Lipinski definition) is 5. The van der Waals surface area contributed by atoms with Crippen LogP contribution in [-0.4, -0.2) is 37.5 Å². The number of aromatic nitrogens is 4. The Kier molecular flexibility index (Phi) is 5.52. The van der Waals surface area contributed by atoms with Crippen molar-refractivity contribution in [3.8, 4) is 11.3 Å². The predicted octanol–water partition coefficient (Wildman–Crippen LogP) is 4.32. The molecular weight excluding hydrogens is 357 g/mol. The predicted molar refractivity (Wildman–Crippen MR) is 108 cm³/mol. The molecule has 6 nitrogen and oxygen atoms in total. The summed E-state index contributed by atoms with van der Waals surface area (Å²) in [5, 5.41) is 18.9. The van der Waals surface area contributed by atoms with Crippen LogP contribution in [0.15, 0.2) is 30.5 Å². The van der Waals surface area contributed by atoms with Crippen LogP contribution in [0.5, 0.6) is 0 Å². The van der Waals surface area contributed by atoms with Gasteiger partial charge in [-0.3, -0.25) is 0 Å². The minimum absolute atomic E-state index is 0.193. The van der Waals surface area contributed by atoms with Gasteiger partial charge in [-0.2, -0.15) is 10.1 Å². The largest absolute Gasteiger partial charge is 0.393 e. The normalized spacial score (nSPS) is 19.8. The van der Waals surface area contributed by atoms with Gasteiger partial charge in [0.1, 0.15) is 11.5 Å². The van der Waals surface area contributed by atoms with E-state index in [-0.39, 0.29) is 18.0 Å². The van der Waals surface area contributed by atoms with E-state index < -0.39 is 0 Å². The molecule has 2 aromatic heterocycles. The Morgan fingerprint density at radius 3 is 2.64 bits per heavy atom. The zero-order valence-electron chi connectivity index (χ0n) is 16.1. The third-order valence-electron chi connectivity index (χ3n) is 5.39. The summed E-state index contributed by atoms with van der Waals surface area (Å²) in [5.74, 6) is 0.330. The molecule has 28 heavy (non-hydrogen) atoms. The number of nitrogens with zero attached hydrogens (tertiary/aromatic N) is 4. The number of aliphatic hydroxyl groups is 1. The van der Waals surface area contributed by atoms with Gasteiger partial charge in [-0.05, 0) is 56.4 Å². The van der Waals surface area contributed by atoms with Crippen molar-refractivity contribution >= 4 is 17.0 Å². The van der Waals surface area contributed by atoms with Gasteiger partial charge in [0, 0.05) is 18.3 Å². The second-order valence-electron chi connectivity index (χ2n) is 7.47. The molecule has 1 aliphatic rings. The van der Waals surface area contributed by atoms with Crippen LogP contribution in [0.1, 0.15) is 51.5 Å². The van der Waals surface area contributed by atoms with E-state index in [0.29, 0.717) is 5.95 Å². The molecule has 148 valence electrons. The minimum Gasteiger partial charge on any atom is -0.393 e. The van der Waals surface area contributed by atoms with E-state index in [2.05, 4.69) is 17.2 Å². The third kappa shape index (κ3) is 3.85. The highest BCUT2D eigenvalue weighted by Gasteiger charge is 2.25. The number of rotatable bonds is 6. The standard InChI is InChI=1S/C21H26FN5O/c1-2-3-12-23-21-24-13-18-19(14-4-6-15(22)7-5-14)26-27(20(18)25-21)16-8-10-17(28)11-9-16/h4-7,13,16-17,28H,2-3,8-12H2,1H3,(H,23,24,25)/t16-,17-. The van der Waals surface area contributed by atoms with E-state index in [0.717, 1.165) is 67.4 Å². The Bertz CT molecular complexity index is 932. The van der Waals surface area contributed by atoms with Crippen LogP contribution in [0.3, 0.4) is 0 Å². The maximum atomic E-state index is 13.4. The van der Waals surface area contributed by atoms with Gasteiger partial charge < -0.3 is 10.4 Å². The summed E-state index contributed by atoms with van der Waals surface area (Å²) in [7, 11) is 0. The van der Waals surface area contributed by atoms with Crippen molar-refractivity contribution in [3.63, 3.8) is 0 Å². The first-order valence-electron chi connectivity index (χ1n) is 10.1. The van der Waals surface area contributed by atoms with Crippen molar-refractivity contribution in [2.24, 2.45) is 0 Å². The fourth-order valence-corrected chi connectivity index (χ4v) is 3.76. The maximum absolute atomic E-state index is 13.4. The molecule has 1 aromatic carbocycles. The van der Waals surface area contributed by atoms with E-state index in [9.17, 15) is 9.50 Å². The highest BCUT2D eigenvalue weighted by atomic mass is 19.1. The smallest absolute Gasteiger partial charge is 0.224 e. The van der Waals surface area contributed by atoms with E-state index >= 15 is 0 Å². The molecular formula is C21H26FN5O. The molecule has 1 saturated carbocycles. The van der Waals surface area contributed by atoms with E-state index in [1.807, 2.05) is 4.68 Å². The van der Waals surface area contributed by atoms with E-state index in [1.165, 1.54) is 12.1 Å². The van der Waals surface area contributed by atoms with Gasteiger partial charge in [0.05, 0.1) is 17.5 Å². The van der Waals surface area contributed by atoms with Crippen LogP contribution >= 0.6 is 0 Å². The number of nitrogens with one attached hydrogen (secondary N) is 1. The van der Waals surface area contributed by atoms with E-state index in [4.69, 9.17) is 10.1 Å². The summed E-state index contributed by atoms with van der Waals surface area (Å²) < 4.78 is 15.3. The molecule has 0 spiro atoms. The van der Waals surface area contributed by atoms with Gasteiger partial charge in [0.15, 0.2) is 5.65 Å². The lowest BCUT2D eigenvalue weighted by molar-refractivity contribution is 0.109.